The van der Waals surface area contributed by atoms with Gasteiger partial charge in [-0.2, -0.15) is 0 Å². The van der Waals surface area contributed by atoms with Crippen LogP contribution in [0.15, 0.2) is 52.2 Å². The molecule has 0 saturated carbocycles. The van der Waals surface area contributed by atoms with E-state index >= 15 is 0 Å². The third kappa shape index (κ3) is 4.68. The van der Waals surface area contributed by atoms with Crippen LogP contribution in [0.5, 0.6) is 0 Å². The van der Waals surface area contributed by atoms with Crippen molar-refractivity contribution in [3.8, 4) is 0 Å². The third-order valence-corrected chi connectivity index (χ3v) is 2.93. The number of furan rings is 1. The van der Waals surface area contributed by atoms with Crippen molar-refractivity contribution in [3.05, 3.63) is 54.0 Å². The zero-order valence-corrected chi connectivity index (χ0v) is 11.5. The Labute approximate surface area is 122 Å². The van der Waals surface area contributed by atoms with Crippen molar-refractivity contribution >= 4 is 17.4 Å². The number of nitrogens with one attached hydrogen (secondary N) is 1. The Morgan fingerprint density at radius 2 is 2.05 bits per heavy atom. The molecular formula is C15H17N3O3. The number of carbonyl (C=O) groups is 1. The minimum absolute atomic E-state index is 0.0735. The van der Waals surface area contributed by atoms with Crippen LogP contribution in [0.2, 0.25) is 0 Å². The molecule has 0 saturated heterocycles. The van der Waals surface area contributed by atoms with E-state index in [1.807, 2.05) is 18.2 Å². The summed E-state index contributed by atoms with van der Waals surface area (Å²) in [6.45, 7) is 0. The van der Waals surface area contributed by atoms with Crippen LogP contribution in [0.1, 0.15) is 17.7 Å². The molecule has 6 nitrogen and oxygen atoms in total. The summed E-state index contributed by atoms with van der Waals surface area (Å²) >= 11 is 0. The molecule has 2 rings (SSSR count). The van der Waals surface area contributed by atoms with Gasteiger partial charge in [0.25, 0.3) is 0 Å². The second-order valence-corrected chi connectivity index (χ2v) is 4.59. The molecule has 0 aliphatic carbocycles. The Hall–Kier alpha value is -2.76. The molecule has 1 amide bonds. The van der Waals surface area contributed by atoms with Gasteiger partial charge in [-0.3, -0.25) is 4.79 Å². The number of aryl methyl sites for hydroxylation is 1. The predicted octanol–water partition coefficient (Wildman–Crippen LogP) is 2.14. The highest BCUT2D eigenvalue weighted by Crippen LogP contribution is 2.11. The topological polar surface area (TPSA) is 101 Å². The van der Waals surface area contributed by atoms with Crippen molar-refractivity contribution < 1.29 is 14.4 Å². The predicted molar refractivity (Wildman–Crippen MR) is 79.2 cm³/mol. The highest BCUT2D eigenvalue weighted by Gasteiger charge is 2.05. The number of benzene rings is 1. The van der Waals surface area contributed by atoms with E-state index in [9.17, 15) is 4.79 Å². The van der Waals surface area contributed by atoms with Crippen LogP contribution in [0.25, 0.3) is 0 Å². The van der Waals surface area contributed by atoms with Gasteiger partial charge in [0.05, 0.1) is 6.26 Å². The smallest absolute Gasteiger partial charge is 0.224 e. The van der Waals surface area contributed by atoms with Gasteiger partial charge in [0, 0.05) is 24.9 Å². The lowest BCUT2D eigenvalue weighted by atomic mass is 10.1. The first-order chi connectivity index (χ1) is 10.2. The Kier molecular flexibility index (Phi) is 4.98. The number of nitrogens with two attached hydrogens (primary N) is 1. The van der Waals surface area contributed by atoms with Crippen molar-refractivity contribution in [3.63, 3.8) is 0 Å². The molecule has 0 aliphatic heterocycles. The first-order valence-corrected chi connectivity index (χ1v) is 6.55. The van der Waals surface area contributed by atoms with E-state index in [1.54, 1.807) is 24.5 Å². The maximum absolute atomic E-state index is 11.8. The van der Waals surface area contributed by atoms with Crippen molar-refractivity contribution in [1.29, 1.82) is 0 Å². The van der Waals surface area contributed by atoms with Gasteiger partial charge in [0.15, 0.2) is 0 Å². The van der Waals surface area contributed by atoms with Crippen molar-refractivity contribution in [1.82, 2.24) is 0 Å². The van der Waals surface area contributed by atoms with Gasteiger partial charge in [0.2, 0.25) is 5.91 Å². The second-order valence-electron chi connectivity index (χ2n) is 4.59. The number of rotatable bonds is 6. The summed E-state index contributed by atoms with van der Waals surface area (Å²) < 4.78 is 5.17. The fraction of sp³-hybridized carbons (Fsp3) is 0.200. The van der Waals surface area contributed by atoms with E-state index in [2.05, 4.69) is 10.5 Å². The number of amides is 1. The van der Waals surface area contributed by atoms with Gasteiger partial charge in [-0.05, 0) is 29.8 Å². The van der Waals surface area contributed by atoms with E-state index < -0.39 is 0 Å². The van der Waals surface area contributed by atoms with Crippen LogP contribution in [-0.2, 0) is 17.6 Å². The van der Waals surface area contributed by atoms with Gasteiger partial charge in [-0.15, -0.1) is 0 Å². The maximum Gasteiger partial charge on any atom is 0.224 e. The molecule has 1 heterocycles. The third-order valence-electron chi connectivity index (χ3n) is 2.93. The molecule has 1 aromatic heterocycles. The average molecular weight is 287 g/mol. The lowest BCUT2D eigenvalue weighted by Gasteiger charge is -2.06. The quantitative estimate of drug-likeness (QED) is 0.328. The normalized spacial score (nSPS) is 11.3. The molecule has 0 atom stereocenters. The Morgan fingerprint density at radius 1 is 1.29 bits per heavy atom. The van der Waals surface area contributed by atoms with E-state index in [-0.39, 0.29) is 11.7 Å². The Morgan fingerprint density at radius 3 is 2.67 bits per heavy atom. The van der Waals surface area contributed by atoms with Crippen molar-refractivity contribution in [2.24, 2.45) is 10.9 Å². The Balaban J connectivity index is 1.83. The molecule has 2 aromatic rings. The van der Waals surface area contributed by atoms with Crippen LogP contribution in [0, 0.1) is 0 Å². The Bertz CT molecular complexity index is 604. The van der Waals surface area contributed by atoms with E-state index in [4.69, 9.17) is 15.4 Å². The second kappa shape index (κ2) is 7.14. The fourth-order valence-corrected chi connectivity index (χ4v) is 1.87. The summed E-state index contributed by atoms with van der Waals surface area (Å²) in [6.07, 6.45) is 2.89. The van der Waals surface area contributed by atoms with Gasteiger partial charge in [0.1, 0.15) is 11.6 Å². The van der Waals surface area contributed by atoms with E-state index in [1.165, 1.54) is 0 Å². The van der Waals surface area contributed by atoms with Crippen molar-refractivity contribution in [2.75, 3.05) is 5.32 Å². The zero-order chi connectivity index (χ0) is 15.1. The molecule has 0 unspecified atom stereocenters. The largest absolute Gasteiger partial charge is 0.469 e. The fourth-order valence-electron chi connectivity index (χ4n) is 1.87. The number of amidine groups is 1. The monoisotopic (exact) mass is 287 g/mol. The molecule has 110 valence electrons. The molecule has 0 radical (unpaired) electrons. The number of hydrogen-bond donors (Lipinski definition) is 3. The number of anilines is 1. The summed E-state index contributed by atoms with van der Waals surface area (Å²) in [5.74, 6) is 0.861. The maximum atomic E-state index is 11.8. The number of nitrogens with zero attached hydrogens (tertiary/aromatic N) is 1. The lowest BCUT2D eigenvalue weighted by Crippen LogP contribution is -2.15. The minimum Gasteiger partial charge on any atom is -0.469 e. The number of hydrogen-bond acceptors (Lipinski definition) is 4. The summed E-state index contributed by atoms with van der Waals surface area (Å²) in [5, 5.41) is 14.2. The standard InChI is InChI=1S/C15H17N3O3/c16-14(18-20)10-11-3-5-12(6-4-11)17-15(19)8-7-13-2-1-9-21-13/h1-6,9,20H,7-8,10H2,(H2,16,18)(H,17,19). The van der Waals surface area contributed by atoms with E-state index in [0.717, 1.165) is 11.3 Å². The molecule has 0 bridgehead atoms. The van der Waals surface area contributed by atoms with Crippen molar-refractivity contribution in [2.45, 2.75) is 19.3 Å². The van der Waals surface area contributed by atoms with E-state index in [0.29, 0.717) is 24.9 Å². The minimum atomic E-state index is -0.0735. The van der Waals surface area contributed by atoms with Crippen LogP contribution < -0.4 is 11.1 Å². The van der Waals surface area contributed by atoms with Crippen LogP contribution >= 0.6 is 0 Å². The molecular weight excluding hydrogens is 270 g/mol. The zero-order valence-electron chi connectivity index (χ0n) is 11.5. The highest BCUT2D eigenvalue weighted by molar-refractivity contribution is 5.90. The molecule has 6 heteroatoms. The molecule has 21 heavy (non-hydrogen) atoms. The summed E-state index contributed by atoms with van der Waals surface area (Å²) in [7, 11) is 0. The average Bonchev–Trinajstić information content (AvgIpc) is 3.00. The lowest BCUT2D eigenvalue weighted by molar-refractivity contribution is -0.116. The van der Waals surface area contributed by atoms with Gasteiger partial charge >= 0.3 is 0 Å². The van der Waals surface area contributed by atoms with Gasteiger partial charge in [-0.25, -0.2) is 0 Å². The van der Waals surface area contributed by atoms with Gasteiger partial charge < -0.3 is 20.7 Å². The van der Waals surface area contributed by atoms with Crippen LogP contribution in [0.3, 0.4) is 0 Å². The summed E-state index contributed by atoms with van der Waals surface area (Å²) in [5.41, 5.74) is 7.04. The number of oxime groups is 1. The van der Waals surface area contributed by atoms with Crippen LogP contribution in [0.4, 0.5) is 5.69 Å². The van der Waals surface area contributed by atoms with Crippen LogP contribution in [-0.4, -0.2) is 17.0 Å². The molecule has 1 aromatic carbocycles. The highest BCUT2D eigenvalue weighted by atomic mass is 16.4. The summed E-state index contributed by atoms with van der Waals surface area (Å²) in [6, 6.07) is 10.8. The SMILES string of the molecule is NC(Cc1ccc(NC(=O)CCc2ccco2)cc1)=NO. The number of carbonyl (C=O) groups excluding carboxylic acids is 1. The molecule has 4 N–H and O–H groups in total. The first kappa shape index (κ1) is 14.6. The molecule has 0 aliphatic rings. The summed E-state index contributed by atoms with van der Waals surface area (Å²) in [4.78, 5) is 11.8. The van der Waals surface area contributed by atoms with Gasteiger partial charge in [-0.1, -0.05) is 17.3 Å². The molecule has 0 fully saturated rings. The first-order valence-electron chi connectivity index (χ1n) is 6.55. The molecule has 0 spiro atoms.